The van der Waals surface area contributed by atoms with Crippen molar-refractivity contribution in [2.24, 2.45) is 5.92 Å². The first-order valence-corrected chi connectivity index (χ1v) is 6.60. The summed E-state index contributed by atoms with van der Waals surface area (Å²) >= 11 is 0. The smallest absolute Gasteiger partial charge is 0.377 e. The van der Waals surface area contributed by atoms with E-state index in [1.165, 1.54) is 0 Å². The van der Waals surface area contributed by atoms with Gasteiger partial charge in [-0.1, -0.05) is 6.92 Å². The van der Waals surface area contributed by atoms with Gasteiger partial charge in [0.1, 0.15) is 0 Å². The lowest BCUT2D eigenvalue weighted by atomic mass is 10.2. The molecule has 0 aromatic heterocycles. The molecule has 4 nitrogen and oxygen atoms in total. The van der Waals surface area contributed by atoms with E-state index in [9.17, 15) is 0 Å². The Hall–Kier alpha value is 0.0569. The lowest BCUT2D eigenvalue weighted by molar-refractivity contribution is 0.0892. The van der Waals surface area contributed by atoms with Crippen molar-refractivity contribution in [3.63, 3.8) is 0 Å². The first kappa shape index (κ1) is 11.1. The molecule has 1 N–H and O–H groups in total. The molecule has 0 radical (unpaired) electrons. The summed E-state index contributed by atoms with van der Waals surface area (Å²) in [6, 6.07) is 0.896. The van der Waals surface area contributed by atoms with Crippen LogP contribution >= 0.6 is 0 Å². The minimum Gasteiger partial charge on any atom is -0.377 e. The van der Waals surface area contributed by atoms with Gasteiger partial charge < -0.3 is 18.6 Å². The van der Waals surface area contributed by atoms with Crippen molar-refractivity contribution < 1.29 is 13.3 Å². The summed E-state index contributed by atoms with van der Waals surface area (Å²) in [6.45, 7) is 4.76. The van der Waals surface area contributed by atoms with E-state index in [-0.39, 0.29) is 0 Å². The quantitative estimate of drug-likeness (QED) is 0.665. The fraction of sp³-hybridized carbons (Fsp3) is 1.00. The SMILES string of the molecule is CO[Si]1(OC)CC(C)CNCCO1. The zero-order valence-corrected chi connectivity index (χ0v) is 9.63. The summed E-state index contributed by atoms with van der Waals surface area (Å²) in [5, 5.41) is 3.31. The maximum atomic E-state index is 5.67. The summed E-state index contributed by atoms with van der Waals surface area (Å²) in [5.74, 6) is 0.548. The van der Waals surface area contributed by atoms with Gasteiger partial charge >= 0.3 is 8.80 Å². The number of hydrogen-bond donors (Lipinski definition) is 1. The van der Waals surface area contributed by atoms with E-state index in [1.807, 2.05) is 0 Å². The first-order chi connectivity index (χ1) is 6.22. The Balaban J connectivity index is 2.57. The van der Waals surface area contributed by atoms with Gasteiger partial charge in [0.15, 0.2) is 0 Å². The van der Waals surface area contributed by atoms with Crippen molar-refractivity contribution >= 4 is 8.80 Å². The van der Waals surface area contributed by atoms with Gasteiger partial charge in [0.05, 0.1) is 6.61 Å². The third-order valence-electron chi connectivity index (χ3n) is 2.31. The summed E-state index contributed by atoms with van der Waals surface area (Å²) in [7, 11) is 1.04. The van der Waals surface area contributed by atoms with Crippen molar-refractivity contribution in [1.82, 2.24) is 5.32 Å². The number of nitrogens with one attached hydrogen (secondary N) is 1. The van der Waals surface area contributed by atoms with E-state index in [1.54, 1.807) is 14.2 Å². The molecule has 1 aliphatic rings. The molecular weight excluding hydrogens is 186 g/mol. The van der Waals surface area contributed by atoms with Gasteiger partial charge in [-0.15, -0.1) is 0 Å². The van der Waals surface area contributed by atoms with Gasteiger partial charge in [0, 0.05) is 26.8 Å². The molecule has 1 fully saturated rings. The van der Waals surface area contributed by atoms with E-state index >= 15 is 0 Å². The molecule has 0 aromatic rings. The standard InChI is InChI=1S/C8H19NO3Si/c1-8-6-9-4-5-12-13(7-8,10-2)11-3/h8-9H,4-7H2,1-3H3. The Bertz CT molecular complexity index is 152. The Kier molecular flexibility index (Phi) is 4.34. The second kappa shape index (κ2) is 5.07. The fourth-order valence-corrected chi connectivity index (χ4v) is 3.82. The van der Waals surface area contributed by atoms with Crippen LogP contribution in [0.25, 0.3) is 0 Å². The van der Waals surface area contributed by atoms with E-state index in [2.05, 4.69) is 12.2 Å². The highest BCUT2D eigenvalue weighted by molar-refractivity contribution is 6.60. The summed E-state index contributed by atoms with van der Waals surface area (Å²) in [4.78, 5) is 0. The van der Waals surface area contributed by atoms with Crippen LogP contribution in [0.2, 0.25) is 6.04 Å². The second-order valence-electron chi connectivity index (χ2n) is 3.45. The van der Waals surface area contributed by atoms with E-state index in [0.717, 1.165) is 19.1 Å². The van der Waals surface area contributed by atoms with Crippen molar-refractivity contribution in [3.05, 3.63) is 0 Å². The molecular formula is C8H19NO3Si. The maximum absolute atomic E-state index is 5.67. The zero-order chi connectivity index (χ0) is 9.73. The van der Waals surface area contributed by atoms with Crippen LogP contribution in [-0.2, 0) is 13.3 Å². The molecule has 1 heterocycles. The maximum Gasteiger partial charge on any atom is 0.500 e. The highest BCUT2D eigenvalue weighted by Crippen LogP contribution is 2.20. The van der Waals surface area contributed by atoms with Gasteiger partial charge in [-0.05, 0) is 12.5 Å². The predicted molar refractivity (Wildman–Crippen MR) is 52.6 cm³/mol. The van der Waals surface area contributed by atoms with Crippen LogP contribution in [0.1, 0.15) is 6.92 Å². The van der Waals surface area contributed by atoms with Crippen LogP contribution in [0.3, 0.4) is 0 Å². The van der Waals surface area contributed by atoms with Crippen LogP contribution < -0.4 is 5.32 Å². The van der Waals surface area contributed by atoms with Gasteiger partial charge in [0.2, 0.25) is 0 Å². The van der Waals surface area contributed by atoms with Gasteiger partial charge in [-0.25, -0.2) is 0 Å². The molecule has 78 valence electrons. The Morgan fingerprint density at radius 1 is 1.38 bits per heavy atom. The third-order valence-corrected chi connectivity index (χ3v) is 5.40. The second-order valence-corrected chi connectivity index (χ2v) is 6.33. The minimum absolute atomic E-state index is 0.548. The molecule has 1 rings (SSSR count). The molecule has 5 heteroatoms. The van der Waals surface area contributed by atoms with Crippen molar-refractivity contribution in [1.29, 1.82) is 0 Å². The van der Waals surface area contributed by atoms with E-state index in [4.69, 9.17) is 13.3 Å². The lowest BCUT2D eigenvalue weighted by Crippen LogP contribution is -2.49. The minimum atomic E-state index is -2.32. The highest BCUT2D eigenvalue weighted by Gasteiger charge is 2.41. The average Bonchev–Trinajstić information content (AvgIpc) is 2.12. The number of rotatable bonds is 2. The highest BCUT2D eigenvalue weighted by atomic mass is 28.4. The molecule has 0 aromatic carbocycles. The molecule has 0 aliphatic carbocycles. The normalized spacial score (nSPS) is 29.3. The molecule has 1 aliphatic heterocycles. The van der Waals surface area contributed by atoms with Gasteiger partial charge in [0.25, 0.3) is 0 Å². The molecule has 1 unspecified atom stereocenters. The predicted octanol–water partition coefficient (Wildman–Crippen LogP) is 0.474. The molecule has 1 saturated heterocycles. The van der Waals surface area contributed by atoms with Crippen LogP contribution in [0.15, 0.2) is 0 Å². The zero-order valence-electron chi connectivity index (χ0n) is 8.63. The molecule has 0 amide bonds. The monoisotopic (exact) mass is 205 g/mol. The topological polar surface area (TPSA) is 39.7 Å². The fourth-order valence-electron chi connectivity index (χ4n) is 1.55. The van der Waals surface area contributed by atoms with E-state index < -0.39 is 8.80 Å². The first-order valence-electron chi connectivity index (χ1n) is 4.67. The van der Waals surface area contributed by atoms with Gasteiger partial charge in [-0.2, -0.15) is 0 Å². The number of hydrogen-bond acceptors (Lipinski definition) is 4. The van der Waals surface area contributed by atoms with Gasteiger partial charge in [-0.3, -0.25) is 0 Å². The molecule has 0 saturated carbocycles. The Labute approximate surface area is 80.9 Å². The summed E-state index contributed by atoms with van der Waals surface area (Å²) in [5.41, 5.74) is 0. The van der Waals surface area contributed by atoms with Crippen LogP contribution in [0.5, 0.6) is 0 Å². The van der Waals surface area contributed by atoms with Crippen LogP contribution in [-0.4, -0.2) is 42.7 Å². The largest absolute Gasteiger partial charge is 0.500 e. The van der Waals surface area contributed by atoms with Crippen LogP contribution in [0, 0.1) is 5.92 Å². The van der Waals surface area contributed by atoms with Crippen molar-refractivity contribution in [2.45, 2.75) is 13.0 Å². The summed E-state index contributed by atoms with van der Waals surface area (Å²) in [6.07, 6.45) is 0. The third kappa shape index (κ3) is 3.03. The molecule has 1 atom stereocenters. The molecule has 0 bridgehead atoms. The van der Waals surface area contributed by atoms with Crippen LogP contribution in [0.4, 0.5) is 0 Å². The van der Waals surface area contributed by atoms with Crippen molar-refractivity contribution in [2.75, 3.05) is 33.9 Å². The molecule has 13 heavy (non-hydrogen) atoms. The Morgan fingerprint density at radius 2 is 2.08 bits per heavy atom. The van der Waals surface area contributed by atoms with E-state index in [0.29, 0.717) is 12.5 Å². The summed E-state index contributed by atoms with van der Waals surface area (Å²) < 4.78 is 16.5. The Morgan fingerprint density at radius 3 is 2.69 bits per heavy atom. The average molecular weight is 205 g/mol. The van der Waals surface area contributed by atoms with Crippen molar-refractivity contribution in [3.8, 4) is 0 Å². The molecule has 0 spiro atoms. The lowest BCUT2D eigenvalue weighted by Gasteiger charge is -2.31.